The van der Waals surface area contributed by atoms with Crippen LogP contribution in [0.1, 0.15) is 24.5 Å². The molecule has 0 aliphatic heterocycles. The summed E-state index contributed by atoms with van der Waals surface area (Å²) in [6.45, 7) is 2.73. The highest BCUT2D eigenvalue weighted by atomic mass is 32.2. The van der Waals surface area contributed by atoms with Gasteiger partial charge in [-0.05, 0) is 23.8 Å². The average molecular weight is 225 g/mol. The van der Waals surface area contributed by atoms with Crippen LogP contribution in [-0.2, 0) is 12.3 Å². The van der Waals surface area contributed by atoms with Gasteiger partial charge in [-0.25, -0.2) is 0 Å². The Morgan fingerprint density at radius 3 is 2.80 bits per heavy atom. The van der Waals surface area contributed by atoms with Crippen molar-refractivity contribution in [2.75, 3.05) is 12.9 Å². The van der Waals surface area contributed by atoms with Gasteiger partial charge in [0.15, 0.2) is 0 Å². The maximum atomic E-state index is 5.61. The first-order chi connectivity index (χ1) is 7.31. The lowest BCUT2D eigenvalue weighted by molar-refractivity contribution is 0.409. The minimum Gasteiger partial charge on any atom is -0.496 e. The Hall–Kier alpha value is -0.670. The van der Waals surface area contributed by atoms with E-state index < -0.39 is 0 Å². The zero-order chi connectivity index (χ0) is 11.1. The minimum atomic E-state index is 0.533. The Kier molecular flexibility index (Phi) is 5.58. The normalized spacial score (nSPS) is 10.3. The Morgan fingerprint density at radius 1 is 1.40 bits per heavy atom. The fourth-order valence-corrected chi connectivity index (χ4v) is 2.23. The molecular weight excluding hydrogens is 206 g/mol. The van der Waals surface area contributed by atoms with Crippen molar-refractivity contribution < 1.29 is 4.74 Å². The summed E-state index contributed by atoms with van der Waals surface area (Å²) in [6.07, 6.45) is 1.22. The van der Waals surface area contributed by atoms with Gasteiger partial charge in [0.2, 0.25) is 0 Å². The standard InChI is InChI=1S/C12H19NOS/c1-3-6-15-9-10-4-5-11(8-13)12(7-10)14-2/h4-5,7H,3,6,8-9,13H2,1-2H3. The number of hydrogen-bond donors (Lipinski definition) is 1. The van der Waals surface area contributed by atoms with Crippen LogP contribution in [0.3, 0.4) is 0 Å². The van der Waals surface area contributed by atoms with Crippen molar-refractivity contribution in [2.24, 2.45) is 5.73 Å². The Balaban J connectivity index is 2.66. The van der Waals surface area contributed by atoms with Crippen LogP contribution in [0.5, 0.6) is 5.75 Å². The summed E-state index contributed by atoms with van der Waals surface area (Å²) in [5, 5.41) is 0. The molecule has 84 valence electrons. The van der Waals surface area contributed by atoms with E-state index in [0.29, 0.717) is 6.54 Å². The van der Waals surface area contributed by atoms with E-state index in [4.69, 9.17) is 10.5 Å². The fraction of sp³-hybridized carbons (Fsp3) is 0.500. The van der Waals surface area contributed by atoms with Gasteiger partial charge in [-0.15, -0.1) is 0 Å². The zero-order valence-electron chi connectivity index (χ0n) is 9.45. The van der Waals surface area contributed by atoms with Crippen molar-refractivity contribution in [2.45, 2.75) is 25.6 Å². The lowest BCUT2D eigenvalue weighted by Gasteiger charge is -2.08. The summed E-state index contributed by atoms with van der Waals surface area (Å²) in [4.78, 5) is 0. The van der Waals surface area contributed by atoms with Crippen LogP contribution in [0.4, 0.5) is 0 Å². The molecular formula is C12H19NOS. The van der Waals surface area contributed by atoms with Gasteiger partial charge in [-0.3, -0.25) is 0 Å². The highest BCUT2D eigenvalue weighted by Gasteiger charge is 2.02. The molecule has 3 heteroatoms. The number of rotatable bonds is 6. The maximum Gasteiger partial charge on any atom is 0.123 e. The van der Waals surface area contributed by atoms with Crippen LogP contribution < -0.4 is 10.5 Å². The van der Waals surface area contributed by atoms with Gasteiger partial charge in [-0.1, -0.05) is 19.1 Å². The van der Waals surface area contributed by atoms with E-state index in [0.717, 1.165) is 17.1 Å². The summed E-state index contributed by atoms with van der Waals surface area (Å²) >= 11 is 1.95. The average Bonchev–Trinajstić information content (AvgIpc) is 2.29. The molecule has 0 atom stereocenters. The number of thioether (sulfide) groups is 1. The third-order valence-electron chi connectivity index (χ3n) is 2.19. The van der Waals surface area contributed by atoms with Crippen LogP contribution in [-0.4, -0.2) is 12.9 Å². The largest absolute Gasteiger partial charge is 0.496 e. The SMILES string of the molecule is CCCSCc1ccc(CN)c(OC)c1. The monoisotopic (exact) mass is 225 g/mol. The molecule has 0 unspecified atom stereocenters. The third kappa shape index (κ3) is 3.76. The number of methoxy groups -OCH3 is 1. The first-order valence-electron chi connectivity index (χ1n) is 5.25. The first-order valence-corrected chi connectivity index (χ1v) is 6.40. The highest BCUT2D eigenvalue weighted by Crippen LogP contribution is 2.22. The second-order valence-electron chi connectivity index (χ2n) is 3.40. The van der Waals surface area contributed by atoms with Crippen molar-refractivity contribution >= 4 is 11.8 Å². The van der Waals surface area contributed by atoms with E-state index in [1.54, 1.807) is 7.11 Å². The molecule has 1 rings (SSSR count). The molecule has 0 aliphatic rings. The summed E-state index contributed by atoms with van der Waals surface area (Å²) in [6, 6.07) is 6.28. The van der Waals surface area contributed by atoms with Crippen LogP contribution in [0.25, 0.3) is 0 Å². The molecule has 2 nitrogen and oxygen atoms in total. The van der Waals surface area contributed by atoms with Gasteiger partial charge in [0, 0.05) is 17.9 Å². The predicted molar refractivity (Wildman–Crippen MR) is 67.3 cm³/mol. The van der Waals surface area contributed by atoms with Crippen LogP contribution in [0, 0.1) is 0 Å². The summed E-state index contributed by atoms with van der Waals surface area (Å²) in [5.41, 5.74) is 7.99. The van der Waals surface area contributed by atoms with Gasteiger partial charge in [-0.2, -0.15) is 11.8 Å². The van der Waals surface area contributed by atoms with Crippen molar-refractivity contribution in [3.05, 3.63) is 29.3 Å². The zero-order valence-corrected chi connectivity index (χ0v) is 10.3. The molecule has 0 spiro atoms. The lowest BCUT2D eigenvalue weighted by Crippen LogP contribution is -2.00. The van der Waals surface area contributed by atoms with Crippen LogP contribution in [0.2, 0.25) is 0 Å². The molecule has 1 aromatic rings. The molecule has 0 amide bonds. The molecule has 0 aromatic heterocycles. The summed E-state index contributed by atoms with van der Waals surface area (Å²) in [7, 11) is 1.69. The molecule has 2 N–H and O–H groups in total. The second-order valence-corrected chi connectivity index (χ2v) is 4.51. The fourth-order valence-electron chi connectivity index (χ4n) is 1.38. The molecule has 1 aromatic carbocycles. The molecule has 0 aliphatic carbocycles. The minimum absolute atomic E-state index is 0.533. The van der Waals surface area contributed by atoms with Gasteiger partial charge in [0.1, 0.15) is 5.75 Å². The summed E-state index contributed by atoms with van der Waals surface area (Å²) in [5.74, 6) is 3.17. The smallest absolute Gasteiger partial charge is 0.123 e. The van der Waals surface area contributed by atoms with Gasteiger partial charge in [0.05, 0.1) is 7.11 Å². The molecule has 0 saturated heterocycles. The number of hydrogen-bond acceptors (Lipinski definition) is 3. The van der Waals surface area contributed by atoms with E-state index in [1.807, 2.05) is 11.8 Å². The molecule has 0 radical (unpaired) electrons. The van der Waals surface area contributed by atoms with Gasteiger partial charge < -0.3 is 10.5 Å². The summed E-state index contributed by atoms with van der Waals surface area (Å²) < 4.78 is 5.29. The molecule has 0 saturated carbocycles. The van der Waals surface area contributed by atoms with E-state index in [9.17, 15) is 0 Å². The number of nitrogens with two attached hydrogens (primary N) is 1. The van der Waals surface area contributed by atoms with Crippen molar-refractivity contribution in [1.82, 2.24) is 0 Å². The van der Waals surface area contributed by atoms with Crippen LogP contribution >= 0.6 is 11.8 Å². The highest BCUT2D eigenvalue weighted by molar-refractivity contribution is 7.98. The van der Waals surface area contributed by atoms with Crippen molar-refractivity contribution in [3.8, 4) is 5.75 Å². The van der Waals surface area contributed by atoms with E-state index in [1.165, 1.54) is 17.7 Å². The van der Waals surface area contributed by atoms with Crippen molar-refractivity contribution in [3.63, 3.8) is 0 Å². The Bertz CT molecular complexity index is 302. The predicted octanol–water partition coefficient (Wildman–Crippen LogP) is 2.80. The maximum absolute atomic E-state index is 5.61. The molecule has 0 bridgehead atoms. The van der Waals surface area contributed by atoms with Gasteiger partial charge >= 0.3 is 0 Å². The topological polar surface area (TPSA) is 35.2 Å². The first kappa shape index (κ1) is 12.4. The Morgan fingerprint density at radius 2 is 2.20 bits per heavy atom. The molecule has 15 heavy (non-hydrogen) atoms. The molecule has 0 fully saturated rings. The lowest BCUT2D eigenvalue weighted by atomic mass is 10.1. The number of ether oxygens (including phenoxy) is 1. The third-order valence-corrected chi connectivity index (χ3v) is 3.42. The molecule has 0 heterocycles. The van der Waals surface area contributed by atoms with E-state index in [2.05, 4.69) is 25.1 Å². The van der Waals surface area contributed by atoms with E-state index >= 15 is 0 Å². The number of benzene rings is 1. The second kappa shape index (κ2) is 6.75. The van der Waals surface area contributed by atoms with Crippen LogP contribution in [0.15, 0.2) is 18.2 Å². The quantitative estimate of drug-likeness (QED) is 0.756. The van der Waals surface area contributed by atoms with Crippen molar-refractivity contribution in [1.29, 1.82) is 0 Å². The van der Waals surface area contributed by atoms with E-state index in [-0.39, 0.29) is 0 Å². The Labute approximate surface area is 96.2 Å². The van der Waals surface area contributed by atoms with Gasteiger partial charge in [0.25, 0.3) is 0 Å².